The Balaban J connectivity index is 1.42. The third-order valence-electron chi connectivity index (χ3n) is 4.64. The molecular formula is C21H17N5O3S. The number of fused-ring (bicyclic) bond motifs is 2. The minimum atomic E-state index is 0.230. The van der Waals surface area contributed by atoms with E-state index in [1.165, 1.54) is 11.3 Å². The highest BCUT2D eigenvalue weighted by Gasteiger charge is 2.14. The lowest BCUT2D eigenvalue weighted by Crippen LogP contribution is -2.03. The van der Waals surface area contributed by atoms with Gasteiger partial charge in [0.1, 0.15) is 28.9 Å². The maximum Gasteiger partial charge on any atom is 0.235 e. The van der Waals surface area contributed by atoms with Gasteiger partial charge in [-0.2, -0.15) is 9.61 Å². The maximum atomic E-state index is 6.04. The molecule has 0 unspecified atom stereocenters. The summed E-state index contributed by atoms with van der Waals surface area (Å²) in [6.07, 6.45) is 1.71. The smallest absolute Gasteiger partial charge is 0.235 e. The second kappa shape index (κ2) is 7.60. The van der Waals surface area contributed by atoms with Crippen molar-refractivity contribution in [2.45, 2.75) is 6.61 Å². The third-order valence-corrected chi connectivity index (χ3v) is 5.59. The first-order valence-corrected chi connectivity index (χ1v) is 9.98. The number of methoxy groups -OCH3 is 2. The van der Waals surface area contributed by atoms with E-state index in [9.17, 15) is 0 Å². The van der Waals surface area contributed by atoms with Gasteiger partial charge in [0.15, 0.2) is 5.82 Å². The van der Waals surface area contributed by atoms with Crippen LogP contribution in [0.25, 0.3) is 26.4 Å². The predicted molar refractivity (Wildman–Crippen MR) is 113 cm³/mol. The molecule has 0 aliphatic rings. The number of rotatable bonds is 6. The average Bonchev–Trinajstić information content (AvgIpc) is 3.38. The minimum Gasteiger partial charge on any atom is -0.497 e. The summed E-state index contributed by atoms with van der Waals surface area (Å²) in [5.41, 5.74) is 1.76. The molecule has 3 heterocycles. The molecule has 2 aromatic carbocycles. The van der Waals surface area contributed by atoms with E-state index in [0.717, 1.165) is 33.0 Å². The monoisotopic (exact) mass is 419 g/mol. The van der Waals surface area contributed by atoms with E-state index in [1.54, 1.807) is 24.9 Å². The Morgan fingerprint density at radius 1 is 0.967 bits per heavy atom. The Morgan fingerprint density at radius 3 is 2.70 bits per heavy atom. The zero-order valence-corrected chi connectivity index (χ0v) is 17.1. The quantitative estimate of drug-likeness (QED) is 0.411. The molecule has 0 saturated heterocycles. The number of nitrogens with zero attached hydrogens (tertiary/aromatic N) is 5. The topological polar surface area (TPSA) is 83.7 Å². The van der Waals surface area contributed by atoms with Gasteiger partial charge in [-0.15, -0.1) is 10.2 Å². The highest BCUT2D eigenvalue weighted by molar-refractivity contribution is 7.19. The molecule has 0 radical (unpaired) electrons. The summed E-state index contributed by atoms with van der Waals surface area (Å²) in [4.78, 5) is 5.09. The number of pyridine rings is 1. The normalized spacial score (nSPS) is 11.1. The number of ether oxygens (including phenoxy) is 3. The maximum absolute atomic E-state index is 6.04. The van der Waals surface area contributed by atoms with Crippen molar-refractivity contribution >= 4 is 27.2 Å². The van der Waals surface area contributed by atoms with Gasteiger partial charge in [0.2, 0.25) is 4.96 Å². The summed E-state index contributed by atoms with van der Waals surface area (Å²) in [6.45, 7) is 0.230. The number of benzene rings is 2. The molecule has 8 nitrogen and oxygen atoms in total. The van der Waals surface area contributed by atoms with Gasteiger partial charge < -0.3 is 14.2 Å². The van der Waals surface area contributed by atoms with Gasteiger partial charge in [-0.25, -0.2) is 0 Å². The number of hydrogen-bond donors (Lipinski definition) is 0. The van der Waals surface area contributed by atoms with Crippen LogP contribution in [-0.2, 0) is 6.61 Å². The lowest BCUT2D eigenvalue weighted by atomic mass is 10.2. The van der Waals surface area contributed by atoms with Gasteiger partial charge in [-0.05, 0) is 30.3 Å². The zero-order valence-electron chi connectivity index (χ0n) is 16.3. The van der Waals surface area contributed by atoms with Gasteiger partial charge >= 0.3 is 0 Å². The molecule has 150 valence electrons. The Hall–Kier alpha value is -3.72. The molecule has 0 amide bonds. The molecule has 0 N–H and O–H groups in total. The molecule has 0 spiro atoms. The SMILES string of the molecule is COc1cccc(-c2nn3c(COc4ccnc5cc(OC)ccc45)nnc3s2)c1. The zero-order chi connectivity index (χ0) is 20.5. The molecular weight excluding hydrogens is 402 g/mol. The molecule has 0 atom stereocenters. The van der Waals surface area contributed by atoms with E-state index in [2.05, 4.69) is 20.3 Å². The van der Waals surface area contributed by atoms with Gasteiger partial charge in [-0.1, -0.05) is 23.5 Å². The lowest BCUT2D eigenvalue weighted by Gasteiger charge is -2.08. The van der Waals surface area contributed by atoms with E-state index in [1.807, 2.05) is 48.5 Å². The van der Waals surface area contributed by atoms with E-state index in [-0.39, 0.29) is 6.61 Å². The van der Waals surface area contributed by atoms with Crippen molar-refractivity contribution in [2.75, 3.05) is 14.2 Å². The molecule has 9 heteroatoms. The summed E-state index contributed by atoms with van der Waals surface area (Å²) in [5.74, 6) is 2.86. The number of aromatic nitrogens is 5. The summed E-state index contributed by atoms with van der Waals surface area (Å²) >= 11 is 1.46. The fourth-order valence-corrected chi connectivity index (χ4v) is 3.97. The first-order valence-electron chi connectivity index (χ1n) is 9.16. The van der Waals surface area contributed by atoms with Gasteiger partial charge in [0.25, 0.3) is 0 Å². The number of hydrogen-bond acceptors (Lipinski definition) is 8. The molecule has 0 bridgehead atoms. The summed E-state index contributed by atoms with van der Waals surface area (Å²) < 4.78 is 18.3. The van der Waals surface area contributed by atoms with E-state index in [0.29, 0.717) is 16.5 Å². The molecule has 3 aromatic heterocycles. The van der Waals surface area contributed by atoms with Crippen molar-refractivity contribution in [1.82, 2.24) is 24.8 Å². The third kappa shape index (κ3) is 3.29. The molecule has 0 saturated carbocycles. The fraction of sp³-hybridized carbons (Fsp3) is 0.143. The van der Waals surface area contributed by atoms with Crippen LogP contribution in [0.1, 0.15) is 5.82 Å². The Labute approximate surface area is 175 Å². The Morgan fingerprint density at radius 2 is 1.83 bits per heavy atom. The van der Waals surface area contributed by atoms with Crippen molar-refractivity contribution in [1.29, 1.82) is 0 Å². The van der Waals surface area contributed by atoms with Gasteiger partial charge in [0, 0.05) is 23.2 Å². The second-order valence-corrected chi connectivity index (χ2v) is 7.39. The van der Waals surface area contributed by atoms with Crippen molar-refractivity contribution < 1.29 is 14.2 Å². The summed E-state index contributed by atoms with van der Waals surface area (Å²) in [5, 5.41) is 14.8. The van der Waals surface area contributed by atoms with E-state index >= 15 is 0 Å². The van der Waals surface area contributed by atoms with Crippen LogP contribution in [-0.4, -0.2) is 39.0 Å². The second-order valence-electron chi connectivity index (χ2n) is 6.43. The van der Waals surface area contributed by atoms with Crippen LogP contribution in [0, 0.1) is 0 Å². The fourth-order valence-electron chi connectivity index (χ4n) is 3.12. The molecule has 0 aliphatic carbocycles. The van der Waals surface area contributed by atoms with Crippen molar-refractivity contribution in [3.63, 3.8) is 0 Å². The van der Waals surface area contributed by atoms with Crippen LogP contribution in [0.2, 0.25) is 0 Å². The largest absolute Gasteiger partial charge is 0.497 e. The average molecular weight is 419 g/mol. The first kappa shape index (κ1) is 18.3. The first-order chi connectivity index (χ1) is 14.7. The summed E-state index contributed by atoms with van der Waals surface area (Å²) in [7, 11) is 3.28. The Bertz CT molecular complexity index is 1350. The van der Waals surface area contributed by atoms with Gasteiger partial charge in [0.05, 0.1) is 19.7 Å². The molecule has 0 aliphatic heterocycles. The van der Waals surface area contributed by atoms with E-state index < -0.39 is 0 Å². The highest BCUT2D eigenvalue weighted by atomic mass is 32.1. The standard InChI is InChI=1S/C21H17N5O3S/c1-27-14-5-3-4-13(10-14)20-25-26-19(23-24-21(26)30-20)12-29-18-8-9-22-17-11-15(28-2)6-7-16(17)18/h3-11H,12H2,1-2H3. The van der Waals surface area contributed by atoms with Crippen LogP contribution < -0.4 is 14.2 Å². The van der Waals surface area contributed by atoms with Gasteiger partial charge in [-0.3, -0.25) is 4.98 Å². The van der Waals surface area contributed by atoms with Crippen LogP contribution >= 0.6 is 11.3 Å². The van der Waals surface area contributed by atoms with Crippen LogP contribution in [0.3, 0.4) is 0 Å². The van der Waals surface area contributed by atoms with Crippen LogP contribution in [0.4, 0.5) is 0 Å². The van der Waals surface area contributed by atoms with Crippen molar-refractivity contribution in [3.8, 4) is 27.8 Å². The molecule has 5 aromatic rings. The van der Waals surface area contributed by atoms with E-state index in [4.69, 9.17) is 14.2 Å². The predicted octanol–water partition coefficient (Wildman–Crippen LogP) is 4.00. The molecule has 5 rings (SSSR count). The minimum absolute atomic E-state index is 0.230. The Kier molecular flexibility index (Phi) is 4.64. The summed E-state index contributed by atoms with van der Waals surface area (Å²) in [6, 6.07) is 15.3. The molecule has 0 fully saturated rings. The van der Waals surface area contributed by atoms with Crippen LogP contribution in [0.5, 0.6) is 17.2 Å². The highest BCUT2D eigenvalue weighted by Crippen LogP contribution is 2.30. The van der Waals surface area contributed by atoms with Crippen LogP contribution in [0.15, 0.2) is 54.7 Å². The molecule has 30 heavy (non-hydrogen) atoms. The van der Waals surface area contributed by atoms with Crippen molar-refractivity contribution in [3.05, 3.63) is 60.6 Å². The lowest BCUT2D eigenvalue weighted by molar-refractivity contribution is 0.296. The van der Waals surface area contributed by atoms with Crippen molar-refractivity contribution in [2.24, 2.45) is 0 Å².